The fraction of sp³-hybridized carbons (Fsp3) is 0.259. The van der Waals surface area contributed by atoms with Gasteiger partial charge in [-0.25, -0.2) is 0 Å². The molecule has 0 spiro atoms. The largest absolute Gasteiger partial charge is 0.494 e. The van der Waals surface area contributed by atoms with Crippen molar-refractivity contribution in [2.75, 3.05) is 30.0 Å². The Kier molecular flexibility index (Phi) is 7.32. The Morgan fingerprint density at radius 1 is 1.00 bits per heavy atom. The van der Waals surface area contributed by atoms with Gasteiger partial charge < -0.3 is 24.4 Å². The van der Waals surface area contributed by atoms with E-state index in [1.807, 2.05) is 61.5 Å². The van der Waals surface area contributed by atoms with Crippen LogP contribution in [-0.4, -0.2) is 37.7 Å². The lowest BCUT2D eigenvalue weighted by molar-refractivity contribution is -0.125. The molecule has 2 amide bonds. The van der Waals surface area contributed by atoms with Crippen molar-refractivity contribution >= 4 is 23.2 Å². The topological polar surface area (TPSA) is 77.1 Å². The number of carbonyl (C=O) groups is 2. The Bertz CT molecular complexity index is 1130. The van der Waals surface area contributed by atoms with Gasteiger partial charge in [0.2, 0.25) is 5.91 Å². The minimum atomic E-state index is -0.626. The number of nitrogens with one attached hydrogen (secondary N) is 1. The van der Waals surface area contributed by atoms with Crippen LogP contribution in [0.5, 0.6) is 17.2 Å². The normalized spacial score (nSPS) is 14.7. The van der Waals surface area contributed by atoms with Crippen molar-refractivity contribution in [1.82, 2.24) is 0 Å². The maximum Gasteiger partial charge on any atom is 0.267 e. The van der Waals surface area contributed by atoms with E-state index in [1.54, 1.807) is 30.0 Å². The van der Waals surface area contributed by atoms with E-state index in [0.29, 0.717) is 36.9 Å². The summed E-state index contributed by atoms with van der Waals surface area (Å²) in [5, 5.41) is 2.91. The summed E-state index contributed by atoms with van der Waals surface area (Å²) in [7, 11) is 0. The molecule has 1 N–H and O–H groups in total. The van der Waals surface area contributed by atoms with Crippen molar-refractivity contribution in [3.63, 3.8) is 0 Å². The van der Waals surface area contributed by atoms with Crippen LogP contribution >= 0.6 is 0 Å². The first-order valence-electron chi connectivity index (χ1n) is 11.3. The molecular formula is C27H28N2O5. The van der Waals surface area contributed by atoms with Crippen LogP contribution in [0.3, 0.4) is 0 Å². The number of nitrogens with zero attached hydrogens (tertiary/aromatic N) is 1. The van der Waals surface area contributed by atoms with Crippen molar-refractivity contribution in [2.45, 2.75) is 26.4 Å². The van der Waals surface area contributed by atoms with E-state index in [0.717, 1.165) is 17.1 Å². The number of hydrogen-bond acceptors (Lipinski definition) is 5. The molecule has 7 nitrogen and oxygen atoms in total. The van der Waals surface area contributed by atoms with Gasteiger partial charge in [0.05, 0.1) is 25.3 Å². The Balaban J connectivity index is 1.40. The molecule has 0 saturated heterocycles. The number of rotatable bonds is 9. The van der Waals surface area contributed by atoms with Gasteiger partial charge in [0.1, 0.15) is 23.9 Å². The maximum atomic E-state index is 12.7. The first kappa shape index (κ1) is 23.2. The van der Waals surface area contributed by atoms with E-state index in [-0.39, 0.29) is 18.2 Å². The van der Waals surface area contributed by atoms with Gasteiger partial charge in [0.15, 0.2) is 6.10 Å². The Hall–Kier alpha value is -4.00. The lowest BCUT2D eigenvalue weighted by Crippen LogP contribution is -2.46. The van der Waals surface area contributed by atoms with Crippen molar-refractivity contribution in [3.8, 4) is 17.2 Å². The van der Waals surface area contributed by atoms with Crippen LogP contribution in [0.1, 0.15) is 19.4 Å². The van der Waals surface area contributed by atoms with E-state index in [4.69, 9.17) is 14.2 Å². The van der Waals surface area contributed by atoms with Crippen LogP contribution < -0.4 is 24.4 Å². The first-order chi connectivity index (χ1) is 16.5. The zero-order valence-electron chi connectivity index (χ0n) is 19.3. The van der Waals surface area contributed by atoms with Crippen molar-refractivity contribution in [2.24, 2.45) is 0 Å². The summed E-state index contributed by atoms with van der Waals surface area (Å²) < 4.78 is 17.0. The molecule has 0 radical (unpaired) electrons. The molecule has 0 aromatic heterocycles. The smallest absolute Gasteiger partial charge is 0.267 e. The molecule has 3 aromatic carbocycles. The van der Waals surface area contributed by atoms with E-state index < -0.39 is 6.10 Å². The second kappa shape index (κ2) is 10.7. The van der Waals surface area contributed by atoms with E-state index >= 15 is 0 Å². The molecule has 1 heterocycles. The number of benzene rings is 3. The van der Waals surface area contributed by atoms with Crippen molar-refractivity contribution < 1.29 is 23.8 Å². The van der Waals surface area contributed by atoms with Gasteiger partial charge in [-0.3, -0.25) is 9.59 Å². The summed E-state index contributed by atoms with van der Waals surface area (Å²) in [6.45, 7) is 4.98. The van der Waals surface area contributed by atoms with Crippen molar-refractivity contribution in [3.05, 3.63) is 78.4 Å². The van der Waals surface area contributed by atoms with E-state index in [9.17, 15) is 9.59 Å². The SMILES string of the molecule is CCOc1ccc(CC(=O)Nc2ccc3c(c2)OC(C)C(=O)N3CCOc2ccccc2)cc1. The molecule has 0 aliphatic carbocycles. The van der Waals surface area contributed by atoms with Gasteiger partial charge >= 0.3 is 0 Å². The van der Waals surface area contributed by atoms with Gasteiger partial charge in [0.25, 0.3) is 5.91 Å². The molecule has 1 atom stereocenters. The predicted octanol–water partition coefficient (Wildman–Crippen LogP) is 4.46. The van der Waals surface area contributed by atoms with Gasteiger partial charge in [-0.1, -0.05) is 30.3 Å². The zero-order chi connectivity index (χ0) is 23.9. The van der Waals surface area contributed by atoms with Gasteiger partial charge in [0, 0.05) is 11.8 Å². The minimum absolute atomic E-state index is 0.128. The summed E-state index contributed by atoms with van der Waals surface area (Å²) in [5.74, 6) is 1.81. The summed E-state index contributed by atoms with van der Waals surface area (Å²) in [6, 6.07) is 22.2. The monoisotopic (exact) mass is 460 g/mol. The highest BCUT2D eigenvalue weighted by Gasteiger charge is 2.31. The Labute approximate surface area is 199 Å². The molecule has 0 saturated carbocycles. The average Bonchev–Trinajstić information content (AvgIpc) is 2.83. The number of anilines is 2. The molecule has 34 heavy (non-hydrogen) atoms. The fourth-order valence-corrected chi connectivity index (χ4v) is 3.75. The highest BCUT2D eigenvalue weighted by molar-refractivity contribution is 6.00. The summed E-state index contributed by atoms with van der Waals surface area (Å²) >= 11 is 0. The third-order valence-corrected chi connectivity index (χ3v) is 5.38. The lowest BCUT2D eigenvalue weighted by Gasteiger charge is -2.33. The zero-order valence-corrected chi connectivity index (χ0v) is 19.3. The molecular weight excluding hydrogens is 432 g/mol. The summed E-state index contributed by atoms with van der Waals surface area (Å²) in [6.07, 6.45) is -0.388. The maximum absolute atomic E-state index is 12.7. The molecule has 0 fully saturated rings. The molecule has 3 aromatic rings. The number of ether oxygens (including phenoxy) is 3. The third kappa shape index (κ3) is 5.67. The number of para-hydroxylation sites is 1. The number of carbonyl (C=O) groups excluding carboxylic acids is 2. The van der Waals surface area contributed by atoms with Crippen LogP contribution in [0.25, 0.3) is 0 Å². The second-order valence-corrected chi connectivity index (χ2v) is 7.90. The highest BCUT2D eigenvalue weighted by atomic mass is 16.5. The second-order valence-electron chi connectivity index (χ2n) is 7.90. The predicted molar refractivity (Wildman–Crippen MR) is 131 cm³/mol. The van der Waals surface area contributed by atoms with Crippen LogP contribution in [-0.2, 0) is 16.0 Å². The number of hydrogen-bond donors (Lipinski definition) is 1. The molecule has 4 rings (SSSR count). The first-order valence-corrected chi connectivity index (χ1v) is 11.3. The van der Waals surface area contributed by atoms with Crippen LogP contribution in [0.4, 0.5) is 11.4 Å². The molecule has 1 aliphatic rings. The minimum Gasteiger partial charge on any atom is -0.494 e. The number of fused-ring (bicyclic) bond motifs is 1. The van der Waals surface area contributed by atoms with Crippen molar-refractivity contribution in [1.29, 1.82) is 0 Å². The van der Waals surface area contributed by atoms with E-state index in [2.05, 4.69) is 5.32 Å². The van der Waals surface area contributed by atoms with Crippen LogP contribution in [0, 0.1) is 0 Å². The Morgan fingerprint density at radius 2 is 1.74 bits per heavy atom. The lowest BCUT2D eigenvalue weighted by atomic mass is 10.1. The van der Waals surface area contributed by atoms with Gasteiger partial charge in [-0.15, -0.1) is 0 Å². The average molecular weight is 461 g/mol. The fourth-order valence-electron chi connectivity index (χ4n) is 3.75. The highest BCUT2D eigenvalue weighted by Crippen LogP contribution is 2.36. The third-order valence-electron chi connectivity index (χ3n) is 5.38. The van der Waals surface area contributed by atoms with Gasteiger partial charge in [-0.05, 0) is 55.8 Å². The Morgan fingerprint density at radius 3 is 2.47 bits per heavy atom. The molecule has 1 unspecified atom stereocenters. The quantitative estimate of drug-likeness (QED) is 0.510. The molecule has 7 heteroatoms. The summed E-state index contributed by atoms with van der Waals surface area (Å²) in [5.41, 5.74) is 2.15. The molecule has 1 aliphatic heterocycles. The summed E-state index contributed by atoms with van der Waals surface area (Å²) in [4.78, 5) is 26.9. The van der Waals surface area contributed by atoms with E-state index in [1.165, 1.54) is 0 Å². The molecule has 176 valence electrons. The standard InChI is InChI=1S/C27H28N2O5/c1-3-32-23-12-9-20(10-13-23)17-26(30)28-21-11-14-24-25(18-21)34-19(2)27(31)29(24)15-16-33-22-7-5-4-6-8-22/h4-14,18-19H,3,15-17H2,1-2H3,(H,28,30). The van der Waals surface area contributed by atoms with Crippen LogP contribution in [0.15, 0.2) is 72.8 Å². The van der Waals surface area contributed by atoms with Gasteiger partial charge in [-0.2, -0.15) is 0 Å². The van der Waals surface area contributed by atoms with Crippen LogP contribution in [0.2, 0.25) is 0 Å². The molecule has 0 bridgehead atoms. The number of amides is 2.